The number of hydrogen-bond donors (Lipinski definition) is 1. The minimum absolute atomic E-state index is 0.251. The maximum absolute atomic E-state index is 13.2. The molecule has 0 bridgehead atoms. The third-order valence-corrected chi connectivity index (χ3v) is 2.52. The van der Waals surface area contributed by atoms with Gasteiger partial charge in [-0.15, -0.1) is 4.91 Å². The van der Waals surface area contributed by atoms with Crippen LogP contribution in [0.5, 0.6) is 0 Å². The first-order chi connectivity index (χ1) is 8.67. The summed E-state index contributed by atoms with van der Waals surface area (Å²) in [6.07, 6.45) is 0. The molecule has 0 aliphatic carbocycles. The van der Waals surface area contributed by atoms with Gasteiger partial charge in [-0.05, 0) is 37.2 Å². The average molecular weight is 248 g/mol. The zero-order chi connectivity index (χ0) is 13.1. The summed E-state index contributed by atoms with van der Waals surface area (Å²) in [7, 11) is 0. The Morgan fingerprint density at radius 1 is 1.50 bits per heavy atom. The molecule has 1 heterocycles. The van der Waals surface area contributed by atoms with Gasteiger partial charge in [-0.3, -0.25) is 0 Å². The van der Waals surface area contributed by atoms with Gasteiger partial charge in [0.15, 0.2) is 11.5 Å². The van der Waals surface area contributed by atoms with Crippen LogP contribution in [-0.2, 0) is 0 Å². The zero-order valence-corrected chi connectivity index (χ0v) is 10.1. The highest BCUT2D eigenvalue weighted by Crippen LogP contribution is 2.31. The number of hydrogen-bond acceptors (Lipinski definition) is 4. The van der Waals surface area contributed by atoms with Gasteiger partial charge in [0.2, 0.25) is 0 Å². The molecule has 0 aliphatic heterocycles. The number of benzene rings is 1. The number of aromatic nitrogens is 2. The second kappa shape index (κ2) is 4.95. The second-order valence-electron chi connectivity index (χ2n) is 3.80. The van der Waals surface area contributed by atoms with Crippen molar-refractivity contribution in [1.82, 2.24) is 9.78 Å². The van der Waals surface area contributed by atoms with Gasteiger partial charge in [0, 0.05) is 6.54 Å². The largest absolute Gasteiger partial charge is 0.368 e. The number of aryl methyl sites for hydroxylation is 1. The molecule has 0 amide bonds. The molecule has 0 saturated heterocycles. The minimum Gasteiger partial charge on any atom is -0.368 e. The van der Waals surface area contributed by atoms with E-state index in [1.807, 2.05) is 6.92 Å². The number of nitrogens with one attached hydrogen (secondary N) is 1. The third kappa shape index (κ3) is 2.09. The lowest BCUT2D eigenvalue weighted by molar-refractivity contribution is 0.625. The van der Waals surface area contributed by atoms with Crippen LogP contribution in [0.4, 0.5) is 15.9 Å². The van der Waals surface area contributed by atoms with E-state index in [4.69, 9.17) is 0 Å². The molecule has 1 aromatic heterocycles. The van der Waals surface area contributed by atoms with Crippen LogP contribution in [0.25, 0.3) is 5.69 Å². The monoisotopic (exact) mass is 248 g/mol. The highest BCUT2D eigenvalue weighted by atomic mass is 19.1. The Bertz CT molecular complexity index is 579. The summed E-state index contributed by atoms with van der Waals surface area (Å²) in [5.41, 5.74) is 1.30. The van der Waals surface area contributed by atoms with E-state index in [0.717, 1.165) is 0 Å². The van der Waals surface area contributed by atoms with Crippen LogP contribution in [0.15, 0.2) is 29.4 Å². The molecule has 2 rings (SSSR count). The summed E-state index contributed by atoms with van der Waals surface area (Å²) in [6, 6.07) is 6.00. The van der Waals surface area contributed by atoms with E-state index in [1.165, 1.54) is 16.8 Å². The maximum Gasteiger partial charge on any atom is 0.173 e. The molecule has 18 heavy (non-hydrogen) atoms. The Balaban J connectivity index is 2.60. The predicted molar refractivity (Wildman–Crippen MR) is 67.9 cm³/mol. The molecule has 0 atom stereocenters. The Labute approximate surface area is 104 Å². The lowest BCUT2D eigenvalue weighted by Gasteiger charge is -2.08. The van der Waals surface area contributed by atoms with Crippen molar-refractivity contribution >= 4 is 11.5 Å². The molecule has 0 fully saturated rings. The standard InChI is InChI=1S/C12H13FN4O/c1-3-14-12-11(16-18)8(2)15-17(12)10-6-4-5-9(13)7-10/h4-7,14H,3H2,1-2H3. The first-order valence-corrected chi connectivity index (χ1v) is 5.60. The Morgan fingerprint density at radius 3 is 2.89 bits per heavy atom. The van der Waals surface area contributed by atoms with Gasteiger partial charge < -0.3 is 5.32 Å². The summed E-state index contributed by atoms with van der Waals surface area (Å²) in [4.78, 5) is 10.8. The van der Waals surface area contributed by atoms with Crippen molar-refractivity contribution in [3.8, 4) is 5.69 Å². The van der Waals surface area contributed by atoms with Crippen LogP contribution < -0.4 is 5.32 Å². The van der Waals surface area contributed by atoms with Gasteiger partial charge in [0.1, 0.15) is 5.82 Å². The maximum atomic E-state index is 13.2. The van der Waals surface area contributed by atoms with Crippen LogP contribution in [0, 0.1) is 17.6 Å². The third-order valence-electron chi connectivity index (χ3n) is 2.52. The van der Waals surface area contributed by atoms with E-state index >= 15 is 0 Å². The van der Waals surface area contributed by atoms with Crippen LogP contribution in [0.2, 0.25) is 0 Å². The fraction of sp³-hybridized carbons (Fsp3) is 0.250. The summed E-state index contributed by atoms with van der Waals surface area (Å²) < 4.78 is 14.7. The molecular weight excluding hydrogens is 235 g/mol. The highest BCUT2D eigenvalue weighted by molar-refractivity contribution is 5.66. The molecular formula is C12H13FN4O. The number of halogens is 1. The van der Waals surface area contributed by atoms with Crippen LogP contribution in [0.1, 0.15) is 12.6 Å². The topological polar surface area (TPSA) is 59.3 Å². The van der Waals surface area contributed by atoms with E-state index in [2.05, 4.69) is 15.6 Å². The molecule has 0 radical (unpaired) electrons. The van der Waals surface area contributed by atoms with Crippen LogP contribution in [-0.4, -0.2) is 16.3 Å². The van der Waals surface area contributed by atoms with Crippen molar-refractivity contribution in [3.05, 3.63) is 40.7 Å². The molecule has 0 unspecified atom stereocenters. The molecule has 1 aromatic carbocycles. The average Bonchev–Trinajstić information content (AvgIpc) is 2.66. The molecule has 0 saturated carbocycles. The molecule has 6 heteroatoms. The van der Waals surface area contributed by atoms with E-state index in [0.29, 0.717) is 23.7 Å². The van der Waals surface area contributed by atoms with E-state index in [9.17, 15) is 9.30 Å². The second-order valence-corrected chi connectivity index (χ2v) is 3.80. The predicted octanol–water partition coefficient (Wildman–Crippen LogP) is 3.15. The minimum atomic E-state index is -0.358. The smallest absolute Gasteiger partial charge is 0.173 e. The molecule has 0 aliphatic rings. The van der Waals surface area contributed by atoms with Crippen molar-refractivity contribution in [2.45, 2.75) is 13.8 Å². The van der Waals surface area contributed by atoms with Crippen molar-refractivity contribution in [1.29, 1.82) is 0 Å². The van der Waals surface area contributed by atoms with Crippen LogP contribution >= 0.6 is 0 Å². The first kappa shape index (κ1) is 12.2. The Hall–Kier alpha value is -2.24. The van der Waals surface area contributed by atoms with Gasteiger partial charge in [-0.25, -0.2) is 9.07 Å². The Kier molecular flexibility index (Phi) is 3.36. The summed E-state index contributed by atoms with van der Waals surface area (Å²) in [5.74, 6) is 0.124. The summed E-state index contributed by atoms with van der Waals surface area (Å²) in [5, 5.41) is 10.2. The number of nitroso groups, excluding NO2 is 1. The molecule has 2 aromatic rings. The van der Waals surface area contributed by atoms with Crippen molar-refractivity contribution < 1.29 is 4.39 Å². The normalized spacial score (nSPS) is 10.4. The van der Waals surface area contributed by atoms with E-state index < -0.39 is 0 Å². The van der Waals surface area contributed by atoms with Gasteiger partial charge in [-0.1, -0.05) is 6.07 Å². The summed E-state index contributed by atoms with van der Waals surface area (Å²) >= 11 is 0. The van der Waals surface area contributed by atoms with Gasteiger partial charge in [-0.2, -0.15) is 5.10 Å². The lowest BCUT2D eigenvalue weighted by atomic mass is 10.3. The molecule has 94 valence electrons. The first-order valence-electron chi connectivity index (χ1n) is 5.60. The van der Waals surface area contributed by atoms with Crippen LogP contribution in [0.3, 0.4) is 0 Å². The lowest BCUT2D eigenvalue weighted by Crippen LogP contribution is -2.06. The van der Waals surface area contributed by atoms with Gasteiger partial charge in [0.05, 0.1) is 11.4 Å². The number of anilines is 1. The Morgan fingerprint density at radius 2 is 2.28 bits per heavy atom. The van der Waals surface area contributed by atoms with Gasteiger partial charge in [0.25, 0.3) is 0 Å². The number of rotatable bonds is 4. The van der Waals surface area contributed by atoms with E-state index in [1.54, 1.807) is 19.1 Å². The molecule has 5 nitrogen and oxygen atoms in total. The molecule has 1 N–H and O–H groups in total. The molecule has 0 spiro atoms. The van der Waals surface area contributed by atoms with Crippen molar-refractivity contribution in [3.63, 3.8) is 0 Å². The SMILES string of the molecule is CCNc1c(N=O)c(C)nn1-c1cccc(F)c1. The van der Waals surface area contributed by atoms with Gasteiger partial charge >= 0.3 is 0 Å². The zero-order valence-electron chi connectivity index (χ0n) is 10.1. The van der Waals surface area contributed by atoms with Crippen molar-refractivity contribution in [2.24, 2.45) is 5.18 Å². The van der Waals surface area contributed by atoms with Crippen molar-refractivity contribution in [2.75, 3.05) is 11.9 Å². The fourth-order valence-corrected chi connectivity index (χ4v) is 1.75. The summed E-state index contributed by atoms with van der Waals surface area (Å²) in [6.45, 7) is 4.20. The fourth-order valence-electron chi connectivity index (χ4n) is 1.75. The number of nitrogens with zero attached hydrogens (tertiary/aromatic N) is 3. The quantitative estimate of drug-likeness (QED) is 0.845. The van der Waals surface area contributed by atoms with E-state index in [-0.39, 0.29) is 11.5 Å². The highest BCUT2D eigenvalue weighted by Gasteiger charge is 2.16.